The highest BCUT2D eigenvalue weighted by atomic mass is 16.6. The summed E-state index contributed by atoms with van der Waals surface area (Å²) in [5.41, 5.74) is 3.65. The maximum absolute atomic E-state index is 12.3. The van der Waals surface area contributed by atoms with E-state index in [2.05, 4.69) is 51.9 Å². The number of likely N-dealkylation sites (tertiary alicyclic amines) is 1. The minimum Gasteiger partial charge on any atom is -0.497 e. The number of ether oxygens (including phenoxy) is 2. The molecule has 0 radical (unpaired) electrons. The second kappa shape index (κ2) is 11.2. The van der Waals surface area contributed by atoms with E-state index in [0.717, 1.165) is 72.6 Å². The molecule has 1 aliphatic carbocycles. The van der Waals surface area contributed by atoms with Gasteiger partial charge in [-0.15, -0.1) is 0 Å². The monoisotopic (exact) mass is 516 g/mol. The molecule has 0 bridgehead atoms. The summed E-state index contributed by atoms with van der Waals surface area (Å²) in [6.07, 6.45) is 2.99. The topological polar surface area (TPSA) is 75.7 Å². The van der Waals surface area contributed by atoms with Crippen molar-refractivity contribution in [2.45, 2.75) is 51.7 Å². The Balaban J connectivity index is 1.16. The zero-order valence-electron chi connectivity index (χ0n) is 23.0. The normalized spacial score (nSPS) is 21.3. The molecule has 1 amide bonds. The van der Waals surface area contributed by atoms with Gasteiger partial charge in [0.2, 0.25) is 0 Å². The average Bonchev–Trinajstić information content (AvgIpc) is 3.46. The summed E-state index contributed by atoms with van der Waals surface area (Å²) in [5, 5.41) is 7.97. The number of hydrogen-bond acceptors (Lipinski definition) is 6. The highest BCUT2D eigenvalue weighted by Crippen LogP contribution is 2.38. The van der Waals surface area contributed by atoms with Crippen LogP contribution in [0.1, 0.15) is 40.0 Å². The smallest absolute Gasteiger partial charge is 0.407 e. The first-order valence-corrected chi connectivity index (χ1v) is 13.8. The molecule has 2 N–H and O–H groups in total. The number of nitrogens with zero attached hydrogens (tertiary/aromatic N) is 2. The largest absolute Gasteiger partial charge is 0.497 e. The highest BCUT2D eigenvalue weighted by Gasteiger charge is 2.43. The van der Waals surface area contributed by atoms with E-state index in [0.29, 0.717) is 11.8 Å². The van der Waals surface area contributed by atoms with Crippen molar-refractivity contribution >= 4 is 22.7 Å². The van der Waals surface area contributed by atoms with E-state index in [-0.39, 0.29) is 12.1 Å². The Hall–Kier alpha value is -3.32. The number of carbonyl (C=O) groups is 1. The molecule has 3 atom stereocenters. The molecule has 2 fully saturated rings. The van der Waals surface area contributed by atoms with Crippen LogP contribution in [0.3, 0.4) is 0 Å². The fourth-order valence-electron chi connectivity index (χ4n) is 5.94. The Morgan fingerprint density at radius 1 is 1.08 bits per heavy atom. The summed E-state index contributed by atoms with van der Waals surface area (Å²) in [5.74, 6) is 2.02. The van der Waals surface area contributed by atoms with E-state index < -0.39 is 5.60 Å². The van der Waals surface area contributed by atoms with Gasteiger partial charge in [0.15, 0.2) is 0 Å². The van der Waals surface area contributed by atoms with Gasteiger partial charge in [-0.1, -0.05) is 18.2 Å². The number of carbonyl (C=O) groups excluding carboxylic acids is 1. The standard InChI is InChI=1S/C31H40N4O3/c1-31(2,3)38-30(36)34-27-15-12-22-19-35(20-25(22)27)17-7-16-32-29-18-28(21-10-13-23(37-4)14-11-21)33-26-9-6-5-8-24(26)29/h5-6,8-11,13-14,18,22,25,27H,7,12,15-17,19-20H2,1-4H3,(H,32,33)(H,34,36). The van der Waals surface area contributed by atoms with Gasteiger partial charge in [0.05, 0.1) is 18.3 Å². The second-order valence-electron chi connectivity index (χ2n) is 11.6. The third-order valence-corrected chi connectivity index (χ3v) is 7.70. The van der Waals surface area contributed by atoms with Crippen LogP contribution in [0.5, 0.6) is 5.75 Å². The van der Waals surface area contributed by atoms with Gasteiger partial charge in [-0.05, 0) is 94.8 Å². The second-order valence-corrected chi connectivity index (χ2v) is 11.6. The molecule has 38 heavy (non-hydrogen) atoms. The summed E-state index contributed by atoms with van der Waals surface area (Å²) < 4.78 is 10.8. The third kappa shape index (κ3) is 6.21. The SMILES string of the molecule is COc1ccc(-c2cc(NCCCN3CC4CCC(NC(=O)OC(C)(C)C)C4C3)c3ccccc3n2)cc1. The molecular formula is C31H40N4O3. The van der Waals surface area contributed by atoms with Gasteiger partial charge < -0.3 is 25.0 Å². The summed E-state index contributed by atoms with van der Waals surface area (Å²) in [7, 11) is 1.68. The predicted octanol–water partition coefficient (Wildman–Crippen LogP) is 5.95. The molecule has 1 saturated carbocycles. The number of anilines is 1. The van der Waals surface area contributed by atoms with Crippen molar-refractivity contribution < 1.29 is 14.3 Å². The van der Waals surface area contributed by atoms with Crippen molar-refractivity contribution in [3.8, 4) is 17.0 Å². The van der Waals surface area contributed by atoms with Crippen molar-refractivity contribution in [1.82, 2.24) is 15.2 Å². The summed E-state index contributed by atoms with van der Waals surface area (Å²) >= 11 is 0. The van der Waals surface area contributed by atoms with Crippen molar-refractivity contribution in [3.63, 3.8) is 0 Å². The molecule has 2 heterocycles. The van der Waals surface area contributed by atoms with Crippen LogP contribution in [-0.4, -0.2) is 60.9 Å². The maximum atomic E-state index is 12.3. The Labute approximate surface area is 225 Å². The lowest BCUT2D eigenvalue weighted by atomic mass is 9.98. The lowest BCUT2D eigenvalue weighted by Crippen LogP contribution is -2.42. The van der Waals surface area contributed by atoms with Gasteiger partial charge in [-0.2, -0.15) is 0 Å². The Morgan fingerprint density at radius 2 is 1.87 bits per heavy atom. The van der Waals surface area contributed by atoms with Crippen molar-refractivity contribution in [3.05, 3.63) is 54.6 Å². The van der Waals surface area contributed by atoms with Gasteiger partial charge in [-0.3, -0.25) is 0 Å². The van der Waals surface area contributed by atoms with Crippen LogP contribution in [0.2, 0.25) is 0 Å². The van der Waals surface area contributed by atoms with Gasteiger partial charge in [0.25, 0.3) is 0 Å². The molecule has 0 spiro atoms. The van der Waals surface area contributed by atoms with E-state index in [1.807, 2.05) is 39.0 Å². The van der Waals surface area contributed by atoms with Crippen LogP contribution in [0, 0.1) is 11.8 Å². The van der Waals surface area contributed by atoms with E-state index in [9.17, 15) is 4.79 Å². The van der Waals surface area contributed by atoms with Crippen molar-refractivity contribution in [1.29, 1.82) is 0 Å². The van der Waals surface area contributed by atoms with Crippen LogP contribution in [0.15, 0.2) is 54.6 Å². The van der Waals surface area contributed by atoms with Crippen molar-refractivity contribution in [2.75, 3.05) is 38.6 Å². The fourth-order valence-corrected chi connectivity index (χ4v) is 5.94. The number of para-hydroxylation sites is 1. The van der Waals surface area contributed by atoms with Crippen LogP contribution >= 0.6 is 0 Å². The van der Waals surface area contributed by atoms with Crippen LogP contribution < -0.4 is 15.4 Å². The third-order valence-electron chi connectivity index (χ3n) is 7.70. The molecule has 5 rings (SSSR count). The number of alkyl carbamates (subject to hydrolysis) is 1. The molecule has 7 heteroatoms. The average molecular weight is 517 g/mol. The van der Waals surface area contributed by atoms with Gasteiger partial charge in [0, 0.05) is 42.3 Å². The molecule has 2 aliphatic rings. The number of amides is 1. The van der Waals surface area contributed by atoms with E-state index >= 15 is 0 Å². The Bertz CT molecular complexity index is 1250. The minimum absolute atomic E-state index is 0.220. The first-order valence-electron chi connectivity index (χ1n) is 13.8. The van der Waals surface area contributed by atoms with Gasteiger partial charge >= 0.3 is 6.09 Å². The zero-order valence-corrected chi connectivity index (χ0v) is 23.0. The molecule has 2 aromatic carbocycles. The van der Waals surface area contributed by atoms with Crippen LogP contribution in [0.4, 0.5) is 10.5 Å². The molecule has 1 aromatic heterocycles. The van der Waals surface area contributed by atoms with Gasteiger partial charge in [-0.25, -0.2) is 9.78 Å². The molecule has 1 aliphatic heterocycles. The zero-order chi connectivity index (χ0) is 26.7. The molecular weight excluding hydrogens is 476 g/mol. The number of hydrogen-bond donors (Lipinski definition) is 2. The minimum atomic E-state index is -0.466. The van der Waals surface area contributed by atoms with Crippen LogP contribution in [-0.2, 0) is 4.74 Å². The maximum Gasteiger partial charge on any atom is 0.407 e. The first-order chi connectivity index (χ1) is 18.3. The Kier molecular flexibility index (Phi) is 7.75. The molecule has 1 saturated heterocycles. The summed E-state index contributed by atoms with van der Waals surface area (Å²) in [4.78, 5) is 19.8. The lowest BCUT2D eigenvalue weighted by Gasteiger charge is -2.25. The molecule has 3 unspecified atom stereocenters. The molecule has 3 aromatic rings. The number of methoxy groups -OCH3 is 1. The first kappa shape index (κ1) is 26.3. The summed E-state index contributed by atoms with van der Waals surface area (Å²) in [6.45, 7) is 9.83. The summed E-state index contributed by atoms with van der Waals surface area (Å²) in [6, 6.07) is 18.7. The van der Waals surface area contributed by atoms with Crippen molar-refractivity contribution in [2.24, 2.45) is 11.8 Å². The molecule has 7 nitrogen and oxygen atoms in total. The number of benzene rings is 2. The fraction of sp³-hybridized carbons (Fsp3) is 0.484. The molecule has 202 valence electrons. The highest BCUT2D eigenvalue weighted by molar-refractivity contribution is 5.93. The Morgan fingerprint density at radius 3 is 2.63 bits per heavy atom. The number of aromatic nitrogens is 1. The van der Waals surface area contributed by atoms with E-state index in [4.69, 9.17) is 14.5 Å². The number of nitrogens with one attached hydrogen (secondary N) is 2. The number of rotatable bonds is 8. The number of pyridine rings is 1. The van der Waals surface area contributed by atoms with Gasteiger partial charge in [0.1, 0.15) is 11.4 Å². The quantitative estimate of drug-likeness (QED) is 0.361. The lowest BCUT2D eigenvalue weighted by molar-refractivity contribution is 0.0491. The predicted molar refractivity (Wildman–Crippen MR) is 153 cm³/mol. The number of fused-ring (bicyclic) bond motifs is 2. The van der Waals surface area contributed by atoms with E-state index in [1.165, 1.54) is 6.42 Å². The van der Waals surface area contributed by atoms with E-state index in [1.54, 1.807) is 7.11 Å². The van der Waals surface area contributed by atoms with Crippen LogP contribution in [0.25, 0.3) is 22.2 Å².